The van der Waals surface area contributed by atoms with Crippen LogP contribution >= 0.6 is 0 Å². The molecule has 1 fully saturated rings. The summed E-state index contributed by atoms with van der Waals surface area (Å²) >= 11 is 0. The number of nitrogens with zero attached hydrogens (tertiary/aromatic N) is 2. The predicted molar refractivity (Wildman–Crippen MR) is 108 cm³/mol. The van der Waals surface area contributed by atoms with Gasteiger partial charge in [0.15, 0.2) is 0 Å². The molecule has 0 unspecified atom stereocenters. The highest BCUT2D eigenvalue weighted by Crippen LogP contribution is 2.31. The Morgan fingerprint density at radius 1 is 1.14 bits per heavy atom. The number of nitrogens with one attached hydrogen (secondary N) is 2. The van der Waals surface area contributed by atoms with Crippen molar-refractivity contribution in [2.45, 2.75) is 18.6 Å². The first-order valence-electron chi connectivity index (χ1n) is 9.30. The Balaban J connectivity index is 1.49. The van der Waals surface area contributed by atoms with Crippen LogP contribution < -0.4 is 20.1 Å². The van der Waals surface area contributed by atoms with Crippen molar-refractivity contribution in [3.05, 3.63) is 54.4 Å². The molecule has 0 spiro atoms. The minimum atomic E-state index is -0.316. The molecule has 0 saturated carbocycles. The van der Waals surface area contributed by atoms with Gasteiger partial charge < -0.3 is 24.8 Å². The Hall–Kier alpha value is -3.39. The second-order valence-electron chi connectivity index (χ2n) is 6.63. The predicted octanol–water partition coefficient (Wildman–Crippen LogP) is 3.30. The van der Waals surface area contributed by atoms with Crippen LogP contribution in [0.3, 0.4) is 0 Å². The minimum absolute atomic E-state index is 0.164. The van der Waals surface area contributed by atoms with E-state index in [-0.39, 0.29) is 18.2 Å². The lowest BCUT2D eigenvalue weighted by Crippen LogP contribution is -2.39. The molecular weight excluding hydrogens is 372 g/mol. The number of aromatic nitrogens is 2. The second kappa shape index (κ2) is 8.32. The van der Waals surface area contributed by atoms with Crippen molar-refractivity contribution in [2.24, 2.45) is 0 Å². The molecule has 2 N–H and O–H groups in total. The quantitative estimate of drug-likeness (QED) is 0.690. The monoisotopic (exact) mass is 394 g/mol. The van der Waals surface area contributed by atoms with Crippen molar-refractivity contribution in [1.29, 1.82) is 0 Å². The lowest BCUT2D eigenvalue weighted by Gasteiger charge is -2.20. The first-order chi connectivity index (χ1) is 14.2. The number of benzene rings is 1. The number of rotatable bonds is 5. The van der Waals surface area contributed by atoms with Gasteiger partial charge in [0.25, 0.3) is 0 Å². The molecule has 3 heterocycles. The van der Waals surface area contributed by atoms with Crippen LogP contribution in [0.2, 0.25) is 0 Å². The maximum atomic E-state index is 12.7. The molecule has 150 valence electrons. The Morgan fingerprint density at radius 3 is 2.79 bits per heavy atom. The largest absolute Gasteiger partial charge is 0.496 e. The van der Waals surface area contributed by atoms with Crippen molar-refractivity contribution in [1.82, 2.24) is 15.3 Å². The summed E-state index contributed by atoms with van der Waals surface area (Å²) < 4.78 is 16.3. The number of carbonyl (C=O) groups excluding carboxylic acids is 1. The molecule has 0 aliphatic carbocycles. The Morgan fingerprint density at radius 2 is 2.03 bits per heavy atom. The van der Waals surface area contributed by atoms with Gasteiger partial charge in [0.05, 0.1) is 31.5 Å². The molecule has 0 radical (unpaired) electrons. The van der Waals surface area contributed by atoms with Gasteiger partial charge in [0.2, 0.25) is 5.88 Å². The van der Waals surface area contributed by atoms with E-state index in [2.05, 4.69) is 20.6 Å². The molecular formula is C21H22N4O4. The lowest BCUT2D eigenvalue weighted by atomic mass is 10.0. The highest BCUT2D eigenvalue weighted by molar-refractivity contribution is 6.01. The number of methoxy groups -OCH3 is 2. The van der Waals surface area contributed by atoms with Gasteiger partial charge in [-0.25, -0.2) is 9.78 Å². The van der Waals surface area contributed by atoms with Gasteiger partial charge in [-0.05, 0) is 36.8 Å². The van der Waals surface area contributed by atoms with Crippen molar-refractivity contribution >= 4 is 22.6 Å². The van der Waals surface area contributed by atoms with Crippen LogP contribution in [-0.2, 0) is 4.74 Å². The van der Waals surface area contributed by atoms with E-state index in [1.165, 1.54) is 0 Å². The summed E-state index contributed by atoms with van der Waals surface area (Å²) in [5.41, 5.74) is 2.17. The Kier molecular flexibility index (Phi) is 5.44. The molecule has 8 nitrogen and oxygen atoms in total. The highest BCUT2D eigenvalue weighted by atomic mass is 16.5. The molecule has 29 heavy (non-hydrogen) atoms. The minimum Gasteiger partial charge on any atom is -0.496 e. The zero-order chi connectivity index (χ0) is 20.2. The van der Waals surface area contributed by atoms with Crippen LogP contribution in [0.1, 0.15) is 18.1 Å². The molecule has 2 atom stereocenters. The molecule has 1 saturated heterocycles. The first kappa shape index (κ1) is 18.9. The van der Waals surface area contributed by atoms with Crippen molar-refractivity contribution < 1.29 is 19.0 Å². The fraction of sp³-hybridized carbons (Fsp3) is 0.286. The summed E-state index contributed by atoms with van der Waals surface area (Å²) in [4.78, 5) is 21.3. The summed E-state index contributed by atoms with van der Waals surface area (Å²) in [6.07, 6.45) is 3.85. The number of anilines is 1. The van der Waals surface area contributed by atoms with E-state index in [9.17, 15) is 4.79 Å². The molecule has 3 aromatic rings. The summed E-state index contributed by atoms with van der Waals surface area (Å²) in [6.45, 7) is 0.564. The van der Waals surface area contributed by atoms with Gasteiger partial charge in [0, 0.05) is 36.0 Å². The molecule has 1 aliphatic heterocycles. The van der Waals surface area contributed by atoms with Crippen molar-refractivity contribution in [3.63, 3.8) is 0 Å². The van der Waals surface area contributed by atoms with Crippen LogP contribution in [0.4, 0.5) is 10.5 Å². The molecule has 2 aromatic heterocycles. The molecule has 2 amide bonds. The van der Waals surface area contributed by atoms with Crippen LogP contribution in [0.5, 0.6) is 11.6 Å². The summed E-state index contributed by atoms with van der Waals surface area (Å²) in [5.74, 6) is 1.24. The fourth-order valence-electron chi connectivity index (χ4n) is 3.50. The number of amides is 2. The van der Waals surface area contributed by atoms with Crippen LogP contribution in [-0.4, -0.2) is 42.9 Å². The van der Waals surface area contributed by atoms with Gasteiger partial charge >= 0.3 is 6.03 Å². The molecule has 1 aromatic carbocycles. The Labute approximate surface area is 168 Å². The smallest absolute Gasteiger partial charge is 0.319 e. The number of urea groups is 1. The maximum absolute atomic E-state index is 12.7. The van der Waals surface area contributed by atoms with Gasteiger partial charge in [-0.2, -0.15) is 0 Å². The second-order valence-corrected chi connectivity index (χ2v) is 6.63. The highest BCUT2D eigenvalue weighted by Gasteiger charge is 2.31. The topological polar surface area (TPSA) is 94.6 Å². The van der Waals surface area contributed by atoms with Crippen LogP contribution in [0, 0.1) is 0 Å². The number of ether oxygens (including phenoxy) is 3. The third kappa shape index (κ3) is 3.93. The molecule has 8 heteroatoms. The van der Waals surface area contributed by atoms with E-state index < -0.39 is 0 Å². The van der Waals surface area contributed by atoms with Crippen LogP contribution in [0.25, 0.3) is 10.9 Å². The summed E-state index contributed by atoms with van der Waals surface area (Å²) in [7, 11) is 3.18. The SMILES string of the molecule is COc1ccc([C@H]2OCC[C@@H]2NC(=O)Nc2ccc(OC)c3cccnc23)cn1. The molecule has 0 bridgehead atoms. The average Bonchev–Trinajstić information content (AvgIpc) is 3.22. The zero-order valence-corrected chi connectivity index (χ0v) is 16.2. The third-order valence-corrected chi connectivity index (χ3v) is 4.90. The zero-order valence-electron chi connectivity index (χ0n) is 16.2. The number of hydrogen-bond acceptors (Lipinski definition) is 6. The van der Waals surface area contributed by atoms with Gasteiger partial charge in [0.1, 0.15) is 11.9 Å². The average molecular weight is 394 g/mol. The number of hydrogen-bond donors (Lipinski definition) is 2. The normalized spacial score (nSPS) is 18.4. The van der Waals surface area contributed by atoms with E-state index in [0.717, 1.165) is 10.9 Å². The van der Waals surface area contributed by atoms with Crippen molar-refractivity contribution in [2.75, 3.05) is 26.1 Å². The number of carbonyl (C=O) groups is 1. The molecule has 1 aliphatic rings. The van der Waals surface area contributed by atoms with Gasteiger partial charge in [-0.1, -0.05) is 0 Å². The van der Waals surface area contributed by atoms with Gasteiger partial charge in [-0.3, -0.25) is 4.98 Å². The van der Waals surface area contributed by atoms with E-state index in [1.807, 2.05) is 24.3 Å². The standard InChI is InChI=1S/C21H22N4O4/c1-27-17-7-6-15(19-14(17)4-3-10-22-19)24-21(26)25-16-9-11-29-20(16)13-5-8-18(28-2)23-12-13/h3-8,10,12,16,20H,9,11H2,1-2H3,(H2,24,25,26)/t16-,20+/m0/s1. The van der Waals surface area contributed by atoms with Crippen LogP contribution in [0.15, 0.2) is 48.8 Å². The maximum Gasteiger partial charge on any atom is 0.319 e. The third-order valence-electron chi connectivity index (χ3n) is 4.90. The number of fused-ring (bicyclic) bond motifs is 1. The first-order valence-corrected chi connectivity index (χ1v) is 9.30. The number of pyridine rings is 2. The Bertz CT molecular complexity index is 1010. The van der Waals surface area contributed by atoms with E-state index in [0.29, 0.717) is 35.9 Å². The van der Waals surface area contributed by atoms with Gasteiger partial charge in [-0.15, -0.1) is 0 Å². The van der Waals surface area contributed by atoms with E-state index >= 15 is 0 Å². The molecule has 4 rings (SSSR count). The fourth-order valence-corrected chi connectivity index (χ4v) is 3.50. The summed E-state index contributed by atoms with van der Waals surface area (Å²) in [6, 6.07) is 10.5. The summed E-state index contributed by atoms with van der Waals surface area (Å²) in [5, 5.41) is 6.73. The lowest BCUT2D eigenvalue weighted by molar-refractivity contribution is 0.100. The van der Waals surface area contributed by atoms with E-state index in [1.54, 1.807) is 38.7 Å². The van der Waals surface area contributed by atoms with E-state index in [4.69, 9.17) is 14.2 Å². The van der Waals surface area contributed by atoms with Crippen molar-refractivity contribution in [3.8, 4) is 11.6 Å².